The molecule has 0 saturated heterocycles. The molecule has 0 bridgehead atoms. The van der Waals surface area contributed by atoms with Gasteiger partial charge in [-0.15, -0.1) is 0 Å². The maximum Gasteiger partial charge on any atom is 0.387 e. The minimum atomic E-state index is -2.96. The lowest BCUT2D eigenvalue weighted by Gasteiger charge is -2.12. The van der Waals surface area contributed by atoms with Crippen LogP contribution in [0.15, 0.2) is 61.2 Å². The first-order valence-corrected chi connectivity index (χ1v) is 7.38. The van der Waals surface area contributed by atoms with Crippen molar-refractivity contribution in [1.29, 1.82) is 0 Å². The lowest BCUT2D eigenvalue weighted by atomic mass is 10.1. The Morgan fingerprint density at radius 1 is 1.16 bits per heavy atom. The van der Waals surface area contributed by atoms with E-state index in [9.17, 15) is 13.6 Å². The number of rotatable bonds is 6. The summed E-state index contributed by atoms with van der Waals surface area (Å²) in [6, 6.07) is 12.9. The Balaban J connectivity index is 1.69. The average Bonchev–Trinajstić information content (AvgIpc) is 3.10. The summed E-state index contributed by atoms with van der Waals surface area (Å²) >= 11 is 0. The molecule has 0 unspecified atom stereocenters. The molecule has 0 radical (unpaired) electrons. The Hall–Kier alpha value is -3.29. The van der Waals surface area contributed by atoms with Crippen molar-refractivity contribution in [3.05, 3.63) is 72.3 Å². The lowest BCUT2D eigenvalue weighted by molar-refractivity contribution is -0.0493. The standard InChI is InChI=1S/C17H14F2N4O2/c18-17(19)25-15-4-2-1-3-14(15)22-16(24)13-7-5-12(6-8-13)9-23-11-20-10-21-23/h1-8,10-11,17H,9H2,(H,22,24). The minimum absolute atomic E-state index is 0.0892. The quantitative estimate of drug-likeness (QED) is 0.746. The number of amides is 1. The molecule has 1 N–H and O–H groups in total. The molecule has 1 aromatic heterocycles. The van der Waals surface area contributed by atoms with Crippen LogP contribution in [0.3, 0.4) is 0 Å². The van der Waals surface area contributed by atoms with Crippen molar-refractivity contribution in [3.63, 3.8) is 0 Å². The molecule has 0 atom stereocenters. The predicted octanol–water partition coefficient (Wildman–Crippen LogP) is 3.18. The number of hydrogen-bond acceptors (Lipinski definition) is 4. The maximum atomic E-state index is 12.4. The SMILES string of the molecule is O=C(Nc1ccccc1OC(F)F)c1ccc(Cn2cncn2)cc1. The number of alkyl halides is 2. The molecule has 0 fully saturated rings. The van der Waals surface area contributed by atoms with Gasteiger partial charge < -0.3 is 10.1 Å². The highest BCUT2D eigenvalue weighted by molar-refractivity contribution is 6.05. The van der Waals surface area contributed by atoms with Crippen LogP contribution in [0.25, 0.3) is 0 Å². The Morgan fingerprint density at radius 2 is 1.92 bits per heavy atom. The second-order valence-corrected chi connectivity index (χ2v) is 5.12. The highest BCUT2D eigenvalue weighted by atomic mass is 19.3. The van der Waals surface area contributed by atoms with Crippen LogP contribution >= 0.6 is 0 Å². The molecule has 0 spiro atoms. The van der Waals surface area contributed by atoms with Gasteiger partial charge in [-0.2, -0.15) is 13.9 Å². The Kier molecular flexibility index (Phi) is 4.98. The van der Waals surface area contributed by atoms with Crippen molar-refractivity contribution in [2.75, 3.05) is 5.32 Å². The number of nitrogens with one attached hydrogen (secondary N) is 1. The van der Waals surface area contributed by atoms with Gasteiger partial charge in [-0.3, -0.25) is 4.79 Å². The summed E-state index contributed by atoms with van der Waals surface area (Å²) in [7, 11) is 0. The highest BCUT2D eigenvalue weighted by Gasteiger charge is 2.12. The number of aromatic nitrogens is 3. The van der Waals surface area contributed by atoms with E-state index in [0.29, 0.717) is 12.1 Å². The fourth-order valence-electron chi connectivity index (χ4n) is 2.23. The molecule has 0 aliphatic rings. The average molecular weight is 344 g/mol. The molecular weight excluding hydrogens is 330 g/mol. The molecule has 0 aliphatic carbocycles. The van der Waals surface area contributed by atoms with Crippen LogP contribution < -0.4 is 10.1 Å². The number of carbonyl (C=O) groups excluding carboxylic acids is 1. The first-order valence-electron chi connectivity index (χ1n) is 7.38. The zero-order valence-electron chi connectivity index (χ0n) is 13.0. The third kappa shape index (κ3) is 4.37. The minimum Gasteiger partial charge on any atom is -0.433 e. The van der Waals surface area contributed by atoms with Crippen LogP contribution in [0.4, 0.5) is 14.5 Å². The fraction of sp³-hybridized carbons (Fsp3) is 0.118. The summed E-state index contributed by atoms with van der Waals surface area (Å²) in [4.78, 5) is 16.2. The van der Waals surface area contributed by atoms with Crippen molar-refractivity contribution in [3.8, 4) is 5.75 Å². The van der Waals surface area contributed by atoms with Crippen molar-refractivity contribution in [2.45, 2.75) is 13.2 Å². The van der Waals surface area contributed by atoms with Gasteiger partial charge in [-0.05, 0) is 29.8 Å². The molecule has 1 heterocycles. The number of carbonyl (C=O) groups is 1. The van der Waals surface area contributed by atoms with Crippen LogP contribution in [0.2, 0.25) is 0 Å². The third-order valence-electron chi connectivity index (χ3n) is 3.38. The third-order valence-corrected chi connectivity index (χ3v) is 3.38. The van der Waals surface area contributed by atoms with Gasteiger partial charge in [-0.25, -0.2) is 9.67 Å². The Morgan fingerprint density at radius 3 is 2.60 bits per heavy atom. The van der Waals surface area contributed by atoms with E-state index in [4.69, 9.17) is 0 Å². The summed E-state index contributed by atoms with van der Waals surface area (Å²) in [6.45, 7) is -2.43. The highest BCUT2D eigenvalue weighted by Crippen LogP contribution is 2.26. The van der Waals surface area contributed by atoms with Gasteiger partial charge in [0.2, 0.25) is 0 Å². The van der Waals surface area contributed by atoms with Crippen molar-refractivity contribution in [2.24, 2.45) is 0 Å². The number of hydrogen-bond donors (Lipinski definition) is 1. The number of nitrogens with zero attached hydrogens (tertiary/aromatic N) is 3. The molecule has 128 valence electrons. The van der Waals surface area contributed by atoms with E-state index in [0.717, 1.165) is 5.56 Å². The number of benzene rings is 2. The molecular formula is C17H14F2N4O2. The van der Waals surface area contributed by atoms with Crippen molar-refractivity contribution < 1.29 is 18.3 Å². The summed E-state index contributed by atoms with van der Waals surface area (Å²) in [5.41, 5.74) is 1.53. The van der Waals surface area contributed by atoms with Crippen LogP contribution in [-0.4, -0.2) is 27.3 Å². The first kappa shape index (κ1) is 16.6. The van der Waals surface area contributed by atoms with E-state index in [1.54, 1.807) is 47.4 Å². The summed E-state index contributed by atoms with van der Waals surface area (Å²) in [6.07, 6.45) is 3.04. The van der Waals surface area contributed by atoms with Gasteiger partial charge >= 0.3 is 6.61 Å². The molecule has 2 aromatic carbocycles. The molecule has 6 nitrogen and oxygen atoms in total. The van der Waals surface area contributed by atoms with Gasteiger partial charge in [0.25, 0.3) is 5.91 Å². The normalized spacial score (nSPS) is 10.7. The van der Waals surface area contributed by atoms with E-state index in [1.807, 2.05) is 0 Å². The number of halogens is 2. The molecule has 8 heteroatoms. The monoisotopic (exact) mass is 344 g/mol. The Bertz CT molecular complexity index is 836. The molecule has 0 saturated carbocycles. The second kappa shape index (κ2) is 7.52. The molecule has 1 amide bonds. The predicted molar refractivity (Wildman–Crippen MR) is 86.6 cm³/mol. The maximum absolute atomic E-state index is 12.4. The van der Waals surface area contributed by atoms with Crippen molar-refractivity contribution >= 4 is 11.6 Å². The topological polar surface area (TPSA) is 69.0 Å². The van der Waals surface area contributed by atoms with Crippen LogP contribution in [0.1, 0.15) is 15.9 Å². The summed E-state index contributed by atoms with van der Waals surface area (Å²) in [5.74, 6) is -0.508. The van der Waals surface area contributed by atoms with E-state index in [1.165, 1.54) is 18.5 Å². The van der Waals surface area contributed by atoms with E-state index < -0.39 is 12.5 Å². The second-order valence-electron chi connectivity index (χ2n) is 5.12. The smallest absolute Gasteiger partial charge is 0.387 e. The summed E-state index contributed by atoms with van der Waals surface area (Å²) in [5, 5.41) is 6.58. The van der Waals surface area contributed by atoms with Gasteiger partial charge in [-0.1, -0.05) is 24.3 Å². The van der Waals surface area contributed by atoms with Gasteiger partial charge in [0.15, 0.2) is 0 Å². The van der Waals surface area contributed by atoms with Gasteiger partial charge in [0, 0.05) is 5.56 Å². The largest absolute Gasteiger partial charge is 0.433 e. The molecule has 3 aromatic rings. The van der Waals surface area contributed by atoms with Crippen LogP contribution in [-0.2, 0) is 6.54 Å². The van der Waals surface area contributed by atoms with Crippen molar-refractivity contribution in [1.82, 2.24) is 14.8 Å². The van der Waals surface area contributed by atoms with Gasteiger partial charge in [0.1, 0.15) is 18.4 Å². The van der Waals surface area contributed by atoms with Gasteiger partial charge in [0.05, 0.1) is 12.2 Å². The van der Waals surface area contributed by atoms with Crippen LogP contribution in [0, 0.1) is 0 Å². The first-order chi connectivity index (χ1) is 12.1. The zero-order chi connectivity index (χ0) is 17.6. The number of ether oxygens (including phenoxy) is 1. The fourth-order valence-corrected chi connectivity index (χ4v) is 2.23. The Labute approximate surface area is 142 Å². The molecule has 25 heavy (non-hydrogen) atoms. The van der Waals surface area contributed by atoms with E-state index in [-0.39, 0.29) is 11.4 Å². The van der Waals surface area contributed by atoms with E-state index >= 15 is 0 Å². The molecule has 3 rings (SSSR count). The number of anilines is 1. The number of para-hydroxylation sites is 2. The lowest BCUT2D eigenvalue weighted by Crippen LogP contribution is -2.14. The molecule has 0 aliphatic heterocycles. The zero-order valence-corrected chi connectivity index (χ0v) is 13.0. The van der Waals surface area contributed by atoms with E-state index in [2.05, 4.69) is 20.1 Å². The van der Waals surface area contributed by atoms with Crippen LogP contribution in [0.5, 0.6) is 5.75 Å². The summed E-state index contributed by atoms with van der Waals surface area (Å²) < 4.78 is 30.9.